The molecule has 2 aromatic heterocycles. The summed E-state index contributed by atoms with van der Waals surface area (Å²) >= 11 is 1.65. The minimum Gasteiger partial charge on any atom is -0.306 e. The summed E-state index contributed by atoms with van der Waals surface area (Å²) in [5.74, 6) is 0. The van der Waals surface area contributed by atoms with Crippen LogP contribution in [0.1, 0.15) is 10.6 Å². The SMILES string of the molecule is c1cnnc(CNCc2cncs2)c1. The van der Waals surface area contributed by atoms with Gasteiger partial charge in [0.1, 0.15) is 0 Å². The molecule has 0 aromatic carbocycles. The number of aromatic nitrogens is 3. The van der Waals surface area contributed by atoms with Crippen LogP contribution in [0.5, 0.6) is 0 Å². The van der Waals surface area contributed by atoms with Crippen molar-refractivity contribution in [3.8, 4) is 0 Å². The normalized spacial score (nSPS) is 10.3. The van der Waals surface area contributed by atoms with E-state index in [4.69, 9.17) is 0 Å². The average molecular weight is 206 g/mol. The smallest absolute Gasteiger partial charge is 0.0794 e. The lowest BCUT2D eigenvalue weighted by Crippen LogP contribution is -2.13. The van der Waals surface area contributed by atoms with Crippen molar-refractivity contribution in [2.75, 3.05) is 0 Å². The van der Waals surface area contributed by atoms with Gasteiger partial charge in [0.25, 0.3) is 0 Å². The van der Waals surface area contributed by atoms with Crippen LogP contribution in [0, 0.1) is 0 Å². The van der Waals surface area contributed by atoms with Crippen LogP contribution in [-0.4, -0.2) is 15.2 Å². The maximum Gasteiger partial charge on any atom is 0.0794 e. The van der Waals surface area contributed by atoms with E-state index in [9.17, 15) is 0 Å². The Morgan fingerprint density at radius 3 is 3.07 bits per heavy atom. The topological polar surface area (TPSA) is 50.7 Å². The summed E-state index contributed by atoms with van der Waals surface area (Å²) in [7, 11) is 0. The predicted octanol–water partition coefficient (Wildman–Crippen LogP) is 1.22. The van der Waals surface area contributed by atoms with Crippen molar-refractivity contribution in [3.05, 3.63) is 40.6 Å². The van der Waals surface area contributed by atoms with Gasteiger partial charge in [-0.3, -0.25) is 4.98 Å². The van der Waals surface area contributed by atoms with E-state index in [2.05, 4.69) is 20.5 Å². The minimum absolute atomic E-state index is 0.742. The van der Waals surface area contributed by atoms with E-state index in [1.165, 1.54) is 4.88 Å². The molecular weight excluding hydrogens is 196 g/mol. The average Bonchev–Trinajstić information content (AvgIpc) is 2.72. The molecule has 5 heteroatoms. The maximum absolute atomic E-state index is 4.00. The quantitative estimate of drug-likeness (QED) is 0.817. The van der Waals surface area contributed by atoms with Gasteiger partial charge in [-0.25, -0.2) is 0 Å². The molecule has 0 radical (unpaired) electrons. The summed E-state index contributed by atoms with van der Waals surface area (Å²) in [6.45, 7) is 1.58. The first-order chi connectivity index (χ1) is 6.95. The van der Waals surface area contributed by atoms with Crippen LogP contribution in [0.2, 0.25) is 0 Å². The first kappa shape index (κ1) is 9.23. The molecule has 0 saturated heterocycles. The molecule has 0 spiro atoms. The number of nitrogens with zero attached hydrogens (tertiary/aromatic N) is 3. The summed E-state index contributed by atoms with van der Waals surface area (Å²) in [5, 5.41) is 11.0. The molecule has 72 valence electrons. The van der Waals surface area contributed by atoms with Crippen LogP contribution in [0.25, 0.3) is 0 Å². The third kappa shape index (κ3) is 2.58. The predicted molar refractivity (Wildman–Crippen MR) is 54.7 cm³/mol. The van der Waals surface area contributed by atoms with Gasteiger partial charge in [0, 0.05) is 30.4 Å². The third-order valence-electron chi connectivity index (χ3n) is 1.72. The fourth-order valence-corrected chi connectivity index (χ4v) is 1.64. The van der Waals surface area contributed by atoms with E-state index in [0.29, 0.717) is 0 Å². The van der Waals surface area contributed by atoms with Crippen molar-refractivity contribution in [2.45, 2.75) is 13.1 Å². The van der Waals surface area contributed by atoms with Crippen LogP contribution in [0.15, 0.2) is 30.0 Å². The van der Waals surface area contributed by atoms with Crippen molar-refractivity contribution >= 4 is 11.3 Å². The lowest BCUT2D eigenvalue weighted by Gasteiger charge is -2.00. The Balaban J connectivity index is 1.79. The highest BCUT2D eigenvalue weighted by atomic mass is 32.1. The van der Waals surface area contributed by atoms with Gasteiger partial charge in [-0.15, -0.1) is 11.3 Å². The van der Waals surface area contributed by atoms with Gasteiger partial charge in [0.05, 0.1) is 11.2 Å². The van der Waals surface area contributed by atoms with Crippen molar-refractivity contribution in [1.82, 2.24) is 20.5 Å². The van der Waals surface area contributed by atoms with Gasteiger partial charge in [-0.05, 0) is 12.1 Å². The molecule has 0 atom stereocenters. The standard InChI is InChI=1S/C9H10N4S/c1-2-8(13-12-3-1)4-10-5-9-6-11-7-14-9/h1-3,6-7,10H,4-5H2. The van der Waals surface area contributed by atoms with Crippen LogP contribution in [0.3, 0.4) is 0 Å². The molecule has 0 unspecified atom stereocenters. The largest absolute Gasteiger partial charge is 0.306 e. The van der Waals surface area contributed by atoms with E-state index in [1.54, 1.807) is 17.5 Å². The minimum atomic E-state index is 0.742. The zero-order valence-corrected chi connectivity index (χ0v) is 8.37. The molecule has 1 N–H and O–H groups in total. The fraction of sp³-hybridized carbons (Fsp3) is 0.222. The number of thiazole rings is 1. The van der Waals surface area contributed by atoms with E-state index >= 15 is 0 Å². The van der Waals surface area contributed by atoms with E-state index < -0.39 is 0 Å². The number of hydrogen-bond acceptors (Lipinski definition) is 5. The van der Waals surface area contributed by atoms with Crippen molar-refractivity contribution < 1.29 is 0 Å². The van der Waals surface area contributed by atoms with Gasteiger partial charge in [0.2, 0.25) is 0 Å². The molecule has 4 nitrogen and oxygen atoms in total. The summed E-state index contributed by atoms with van der Waals surface area (Å²) in [6, 6.07) is 3.84. The van der Waals surface area contributed by atoms with Crippen LogP contribution in [-0.2, 0) is 13.1 Å². The summed E-state index contributed by atoms with van der Waals surface area (Å²) in [4.78, 5) is 5.23. The number of nitrogens with one attached hydrogen (secondary N) is 1. The molecule has 0 fully saturated rings. The summed E-state index contributed by atoms with van der Waals surface area (Å²) in [5.41, 5.74) is 2.79. The fourth-order valence-electron chi connectivity index (χ4n) is 1.07. The van der Waals surface area contributed by atoms with Gasteiger partial charge >= 0.3 is 0 Å². The van der Waals surface area contributed by atoms with E-state index in [0.717, 1.165) is 18.8 Å². The lowest BCUT2D eigenvalue weighted by atomic mass is 10.4. The monoisotopic (exact) mass is 206 g/mol. The zero-order valence-electron chi connectivity index (χ0n) is 7.55. The van der Waals surface area contributed by atoms with Crippen molar-refractivity contribution in [3.63, 3.8) is 0 Å². The van der Waals surface area contributed by atoms with Gasteiger partial charge in [0.15, 0.2) is 0 Å². The molecule has 2 rings (SSSR count). The highest BCUT2D eigenvalue weighted by molar-refractivity contribution is 7.09. The van der Waals surface area contributed by atoms with Gasteiger partial charge in [-0.1, -0.05) is 0 Å². The zero-order chi connectivity index (χ0) is 9.64. The Morgan fingerprint density at radius 1 is 1.36 bits per heavy atom. The first-order valence-corrected chi connectivity index (χ1v) is 5.18. The van der Waals surface area contributed by atoms with Crippen LogP contribution >= 0.6 is 11.3 Å². The lowest BCUT2D eigenvalue weighted by molar-refractivity contribution is 0.675. The second-order valence-corrected chi connectivity index (χ2v) is 3.76. The Bertz CT molecular complexity index is 360. The first-order valence-electron chi connectivity index (χ1n) is 4.30. The van der Waals surface area contributed by atoms with Gasteiger partial charge < -0.3 is 5.32 Å². The molecule has 2 aromatic rings. The molecule has 0 bridgehead atoms. The van der Waals surface area contributed by atoms with Crippen LogP contribution in [0.4, 0.5) is 0 Å². The van der Waals surface area contributed by atoms with Gasteiger partial charge in [-0.2, -0.15) is 10.2 Å². The summed E-state index contributed by atoms with van der Waals surface area (Å²) < 4.78 is 0. The second-order valence-electron chi connectivity index (χ2n) is 2.79. The molecule has 14 heavy (non-hydrogen) atoms. The molecule has 0 aliphatic carbocycles. The highest BCUT2D eigenvalue weighted by Gasteiger charge is 1.95. The molecular formula is C9H10N4S. The maximum atomic E-state index is 4.00. The molecule has 0 aliphatic rings. The summed E-state index contributed by atoms with van der Waals surface area (Å²) in [6.07, 6.45) is 3.54. The molecule has 2 heterocycles. The Morgan fingerprint density at radius 2 is 2.36 bits per heavy atom. The van der Waals surface area contributed by atoms with Crippen molar-refractivity contribution in [1.29, 1.82) is 0 Å². The third-order valence-corrected chi connectivity index (χ3v) is 2.50. The van der Waals surface area contributed by atoms with Crippen molar-refractivity contribution in [2.24, 2.45) is 0 Å². The Labute approximate surface area is 86.0 Å². The Hall–Kier alpha value is -1.33. The molecule has 0 saturated carbocycles. The number of rotatable bonds is 4. The Kier molecular flexibility index (Phi) is 3.15. The number of hydrogen-bond donors (Lipinski definition) is 1. The van der Waals surface area contributed by atoms with E-state index in [1.807, 2.05) is 23.8 Å². The molecule has 0 aliphatic heterocycles. The van der Waals surface area contributed by atoms with Crippen LogP contribution < -0.4 is 5.32 Å². The van der Waals surface area contributed by atoms with E-state index in [-0.39, 0.29) is 0 Å². The molecule has 0 amide bonds. The second kappa shape index (κ2) is 4.78. The highest BCUT2D eigenvalue weighted by Crippen LogP contribution is 2.04.